The van der Waals surface area contributed by atoms with Crippen molar-refractivity contribution < 1.29 is 4.84 Å². The number of nitrogens with zero attached hydrogens (tertiary/aromatic N) is 2. The molecule has 0 bridgehead atoms. The van der Waals surface area contributed by atoms with E-state index < -0.39 is 0 Å². The summed E-state index contributed by atoms with van der Waals surface area (Å²) >= 11 is 0. The zero-order chi connectivity index (χ0) is 12.1. The molecule has 1 saturated carbocycles. The lowest BCUT2D eigenvalue weighted by Crippen LogP contribution is -2.22. The second-order valence-electron chi connectivity index (χ2n) is 4.64. The number of aryl methyl sites for hydroxylation is 2. The number of nitrogens with one attached hydrogen (secondary N) is 1. The molecule has 0 spiro atoms. The van der Waals surface area contributed by atoms with Gasteiger partial charge >= 0.3 is 0 Å². The molecule has 1 aliphatic carbocycles. The van der Waals surface area contributed by atoms with Gasteiger partial charge in [-0.2, -0.15) is 10.6 Å². The molecule has 0 aliphatic heterocycles. The fourth-order valence-corrected chi connectivity index (χ4v) is 2.34. The van der Waals surface area contributed by atoms with Crippen LogP contribution in [0.3, 0.4) is 0 Å². The first-order valence-corrected chi connectivity index (χ1v) is 6.77. The molecular formula is C13H23N3O. The zero-order valence-electron chi connectivity index (χ0n) is 10.9. The summed E-state index contributed by atoms with van der Waals surface area (Å²) in [6.45, 7) is 5.92. The van der Waals surface area contributed by atoms with Gasteiger partial charge in [-0.1, -0.05) is 19.8 Å². The van der Waals surface area contributed by atoms with E-state index >= 15 is 0 Å². The lowest BCUT2D eigenvalue weighted by atomic mass is 10.3. The fourth-order valence-electron chi connectivity index (χ4n) is 2.34. The summed E-state index contributed by atoms with van der Waals surface area (Å²) in [5.41, 5.74) is 5.46. The molecule has 0 aromatic carbocycles. The normalized spacial score (nSPS) is 16.8. The highest BCUT2D eigenvalue weighted by Gasteiger charge is 2.15. The molecule has 0 saturated heterocycles. The molecule has 17 heavy (non-hydrogen) atoms. The van der Waals surface area contributed by atoms with Crippen molar-refractivity contribution in [3.05, 3.63) is 17.5 Å². The molecule has 1 N–H and O–H groups in total. The molecule has 0 radical (unpaired) electrons. The second kappa shape index (κ2) is 6.17. The Bertz CT molecular complexity index is 342. The van der Waals surface area contributed by atoms with Crippen molar-refractivity contribution in [1.82, 2.24) is 15.3 Å². The third kappa shape index (κ3) is 3.30. The molecule has 0 atom stereocenters. The molecule has 1 fully saturated rings. The SMILES string of the molecule is CCc1cc(CNOC2CCCC2)n(CC)n1. The van der Waals surface area contributed by atoms with Crippen molar-refractivity contribution in [2.75, 3.05) is 0 Å². The van der Waals surface area contributed by atoms with Crippen LogP contribution in [-0.2, 0) is 24.3 Å². The standard InChI is InChI=1S/C13H23N3O/c1-3-11-9-12(16(4-2)15-11)10-14-17-13-7-5-6-8-13/h9,13-14H,3-8,10H2,1-2H3. The molecule has 1 heterocycles. The molecular weight excluding hydrogens is 214 g/mol. The monoisotopic (exact) mass is 237 g/mol. The summed E-state index contributed by atoms with van der Waals surface area (Å²) in [5.74, 6) is 0. The van der Waals surface area contributed by atoms with E-state index in [4.69, 9.17) is 4.84 Å². The summed E-state index contributed by atoms with van der Waals surface area (Å²) in [7, 11) is 0. The summed E-state index contributed by atoms with van der Waals surface area (Å²) in [5, 5.41) is 4.52. The van der Waals surface area contributed by atoms with Gasteiger partial charge in [0.25, 0.3) is 0 Å². The van der Waals surface area contributed by atoms with E-state index in [-0.39, 0.29) is 0 Å². The highest BCUT2D eigenvalue weighted by molar-refractivity contribution is 5.10. The molecule has 1 aliphatic rings. The minimum absolute atomic E-state index is 0.415. The van der Waals surface area contributed by atoms with Crippen LogP contribution in [0.4, 0.5) is 0 Å². The maximum absolute atomic E-state index is 5.66. The van der Waals surface area contributed by atoms with Gasteiger partial charge in [-0.15, -0.1) is 0 Å². The van der Waals surface area contributed by atoms with Gasteiger partial charge in [-0.25, -0.2) is 0 Å². The Labute approximate surface area is 103 Å². The first-order chi connectivity index (χ1) is 8.33. The van der Waals surface area contributed by atoms with E-state index in [1.165, 1.54) is 31.4 Å². The highest BCUT2D eigenvalue weighted by Crippen LogP contribution is 2.20. The van der Waals surface area contributed by atoms with E-state index in [2.05, 4.69) is 30.5 Å². The largest absolute Gasteiger partial charge is 0.298 e. The van der Waals surface area contributed by atoms with Crippen LogP contribution < -0.4 is 5.48 Å². The van der Waals surface area contributed by atoms with Crippen molar-refractivity contribution in [2.45, 2.75) is 65.1 Å². The lowest BCUT2D eigenvalue weighted by Gasteiger charge is -2.11. The van der Waals surface area contributed by atoms with Crippen LogP contribution in [-0.4, -0.2) is 15.9 Å². The van der Waals surface area contributed by atoms with Crippen molar-refractivity contribution in [1.29, 1.82) is 0 Å². The van der Waals surface area contributed by atoms with Crippen LogP contribution >= 0.6 is 0 Å². The zero-order valence-corrected chi connectivity index (χ0v) is 10.9. The van der Waals surface area contributed by atoms with Crippen LogP contribution in [0.15, 0.2) is 6.07 Å². The predicted octanol–water partition coefficient (Wildman–Crippen LogP) is 2.43. The number of rotatable bonds is 6. The molecule has 2 rings (SSSR count). The first-order valence-electron chi connectivity index (χ1n) is 6.77. The Hall–Kier alpha value is -0.870. The van der Waals surface area contributed by atoms with E-state index in [0.717, 1.165) is 25.2 Å². The molecule has 4 nitrogen and oxygen atoms in total. The average Bonchev–Trinajstić information content (AvgIpc) is 2.98. The maximum atomic E-state index is 5.66. The number of hydroxylamine groups is 1. The van der Waals surface area contributed by atoms with Crippen LogP contribution in [0.2, 0.25) is 0 Å². The van der Waals surface area contributed by atoms with Crippen molar-refractivity contribution in [3.63, 3.8) is 0 Å². The Morgan fingerprint density at radius 3 is 2.82 bits per heavy atom. The molecule has 1 aromatic rings. The second-order valence-corrected chi connectivity index (χ2v) is 4.64. The van der Waals surface area contributed by atoms with E-state index in [1.807, 2.05) is 4.68 Å². The minimum atomic E-state index is 0.415. The van der Waals surface area contributed by atoms with E-state index in [0.29, 0.717) is 6.10 Å². The maximum Gasteiger partial charge on any atom is 0.0790 e. The molecule has 0 unspecified atom stereocenters. The lowest BCUT2D eigenvalue weighted by molar-refractivity contribution is -0.0253. The van der Waals surface area contributed by atoms with Gasteiger partial charge in [0.1, 0.15) is 0 Å². The van der Waals surface area contributed by atoms with Gasteiger partial charge in [-0.3, -0.25) is 9.52 Å². The van der Waals surface area contributed by atoms with Crippen molar-refractivity contribution in [3.8, 4) is 0 Å². The van der Waals surface area contributed by atoms with E-state index in [1.54, 1.807) is 0 Å². The van der Waals surface area contributed by atoms with Gasteiger partial charge in [-0.05, 0) is 32.3 Å². The van der Waals surface area contributed by atoms with Crippen molar-refractivity contribution >= 4 is 0 Å². The number of hydrogen-bond donors (Lipinski definition) is 1. The van der Waals surface area contributed by atoms with Crippen molar-refractivity contribution in [2.24, 2.45) is 0 Å². The molecule has 96 valence electrons. The average molecular weight is 237 g/mol. The quantitative estimate of drug-likeness (QED) is 0.772. The highest BCUT2D eigenvalue weighted by atomic mass is 16.7. The van der Waals surface area contributed by atoms with Gasteiger partial charge in [0, 0.05) is 6.54 Å². The third-order valence-electron chi connectivity index (χ3n) is 3.38. The summed E-state index contributed by atoms with van der Waals surface area (Å²) in [4.78, 5) is 5.66. The molecule has 4 heteroatoms. The Kier molecular flexibility index (Phi) is 4.57. The Morgan fingerprint density at radius 2 is 2.18 bits per heavy atom. The topological polar surface area (TPSA) is 39.1 Å². The predicted molar refractivity (Wildman–Crippen MR) is 67.5 cm³/mol. The minimum Gasteiger partial charge on any atom is -0.298 e. The number of hydrogen-bond acceptors (Lipinski definition) is 3. The Balaban J connectivity index is 1.82. The fraction of sp³-hybridized carbons (Fsp3) is 0.769. The molecule has 1 aromatic heterocycles. The summed E-state index contributed by atoms with van der Waals surface area (Å²) in [6.07, 6.45) is 6.40. The third-order valence-corrected chi connectivity index (χ3v) is 3.38. The van der Waals surface area contributed by atoms with Gasteiger partial charge in [0.2, 0.25) is 0 Å². The van der Waals surface area contributed by atoms with Crippen LogP contribution in [0.5, 0.6) is 0 Å². The number of aromatic nitrogens is 2. The molecule has 0 amide bonds. The first kappa shape index (κ1) is 12.6. The van der Waals surface area contributed by atoms with Gasteiger partial charge in [0.15, 0.2) is 0 Å². The van der Waals surface area contributed by atoms with Crippen LogP contribution in [0.1, 0.15) is 50.9 Å². The van der Waals surface area contributed by atoms with Gasteiger partial charge in [0.05, 0.1) is 24.0 Å². The van der Waals surface area contributed by atoms with Crippen LogP contribution in [0.25, 0.3) is 0 Å². The van der Waals surface area contributed by atoms with Gasteiger partial charge < -0.3 is 0 Å². The van der Waals surface area contributed by atoms with Crippen LogP contribution in [0, 0.1) is 0 Å². The summed E-state index contributed by atoms with van der Waals surface area (Å²) in [6, 6.07) is 2.16. The Morgan fingerprint density at radius 1 is 1.41 bits per heavy atom. The smallest absolute Gasteiger partial charge is 0.0790 e. The van der Waals surface area contributed by atoms with E-state index in [9.17, 15) is 0 Å². The summed E-state index contributed by atoms with van der Waals surface area (Å²) < 4.78 is 2.05.